The summed E-state index contributed by atoms with van der Waals surface area (Å²) in [6, 6.07) is 9.44. The second-order valence-corrected chi connectivity index (χ2v) is 4.58. The largest absolute Gasteiger partial charge is 0.459 e. The predicted octanol–water partition coefficient (Wildman–Crippen LogP) is 2.61. The standard InChI is InChI=1S/C15H18N2O2/c1-11(2)19-15(18)13(10-16)9-12-7-5-6-8-14(12)17(3)4/h5-9,11H,1-4H3/b13-9+. The van der Waals surface area contributed by atoms with E-state index >= 15 is 0 Å². The van der Waals surface area contributed by atoms with Gasteiger partial charge < -0.3 is 9.64 Å². The molecule has 1 aromatic carbocycles. The summed E-state index contributed by atoms with van der Waals surface area (Å²) in [7, 11) is 3.82. The first-order valence-corrected chi connectivity index (χ1v) is 6.04. The molecule has 0 unspecified atom stereocenters. The Labute approximate surface area is 113 Å². The Morgan fingerprint density at radius 3 is 2.53 bits per heavy atom. The average molecular weight is 258 g/mol. The van der Waals surface area contributed by atoms with Crippen molar-refractivity contribution in [2.24, 2.45) is 0 Å². The monoisotopic (exact) mass is 258 g/mol. The Morgan fingerprint density at radius 1 is 1.37 bits per heavy atom. The molecule has 0 heterocycles. The van der Waals surface area contributed by atoms with Gasteiger partial charge in [-0.25, -0.2) is 4.79 Å². The molecule has 0 aromatic heterocycles. The van der Waals surface area contributed by atoms with E-state index in [1.54, 1.807) is 19.9 Å². The minimum absolute atomic E-state index is 0.00278. The van der Waals surface area contributed by atoms with Gasteiger partial charge in [0.25, 0.3) is 0 Å². The Kier molecular flexibility index (Phi) is 5.13. The first-order valence-electron chi connectivity index (χ1n) is 6.04. The lowest BCUT2D eigenvalue weighted by Gasteiger charge is -2.15. The van der Waals surface area contributed by atoms with Gasteiger partial charge in [0, 0.05) is 19.8 Å². The maximum atomic E-state index is 11.7. The zero-order valence-electron chi connectivity index (χ0n) is 11.7. The summed E-state index contributed by atoms with van der Waals surface area (Å²) in [4.78, 5) is 13.7. The van der Waals surface area contributed by atoms with Crippen LogP contribution in [0.3, 0.4) is 0 Å². The third-order valence-corrected chi connectivity index (χ3v) is 2.40. The highest BCUT2D eigenvalue weighted by Crippen LogP contribution is 2.21. The molecule has 0 radical (unpaired) electrons. The quantitative estimate of drug-likeness (QED) is 0.473. The Bertz CT molecular complexity index is 525. The van der Waals surface area contributed by atoms with Crippen LogP contribution in [0, 0.1) is 11.3 Å². The number of nitrogens with zero attached hydrogens (tertiary/aromatic N) is 2. The molecule has 0 spiro atoms. The Morgan fingerprint density at radius 2 is 2.00 bits per heavy atom. The summed E-state index contributed by atoms with van der Waals surface area (Å²) in [5.74, 6) is -0.592. The number of ether oxygens (including phenoxy) is 1. The molecular formula is C15H18N2O2. The fourth-order valence-corrected chi connectivity index (χ4v) is 1.59. The van der Waals surface area contributed by atoms with Gasteiger partial charge in [-0.3, -0.25) is 0 Å². The van der Waals surface area contributed by atoms with Crippen LogP contribution in [-0.2, 0) is 9.53 Å². The molecule has 0 saturated heterocycles. The molecule has 0 saturated carbocycles. The zero-order chi connectivity index (χ0) is 14.4. The SMILES string of the molecule is CC(C)OC(=O)/C(C#N)=C/c1ccccc1N(C)C. The van der Waals surface area contributed by atoms with Crippen molar-refractivity contribution in [1.82, 2.24) is 0 Å². The maximum Gasteiger partial charge on any atom is 0.349 e. The predicted molar refractivity (Wildman–Crippen MR) is 75.6 cm³/mol. The van der Waals surface area contributed by atoms with E-state index < -0.39 is 5.97 Å². The first-order chi connectivity index (χ1) is 8.95. The lowest BCUT2D eigenvalue weighted by atomic mass is 10.1. The molecule has 0 aliphatic rings. The molecule has 1 rings (SSSR count). The number of rotatable bonds is 4. The molecule has 0 aliphatic carbocycles. The molecule has 0 N–H and O–H groups in total. The number of para-hydroxylation sites is 1. The second kappa shape index (κ2) is 6.60. The lowest BCUT2D eigenvalue weighted by Crippen LogP contribution is -2.13. The van der Waals surface area contributed by atoms with Crippen molar-refractivity contribution in [1.29, 1.82) is 5.26 Å². The molecule has 0 aliphatic heterocycles. The van der Waals surface area contributed by atoms with Crippen LogP contribution >= 0.6 is 0 Å². The van der Waals surface area contributed by atoms with Crippen molar-refractivity contribution >= 4 is 17.7 Å². The van der Waals surface area contributed by atoms with Crippen LogP contribution in [0.1, 0.15) is 19.4 Å². The normalized spacial score (nSPS) is 11.1. The van der Waals surface area contributed by atoms with Crippen molar-refractivity contribution in [3.8, 4) is 6.07 Å². The van der Waals surface area contributed by atoms with Crippen LogP contribution in [-0.4, -0.2) is 26.2 Å². The van der Waals surface area contributed by atoms with Gasteiger partial charge in [0.2, 0.25) is 0 Å². The fourth-order valence-electron chi connectivity index (χ4n) is 1.59. The summed E-state index contributed by atoms with van der Waals surface area (Å²) in [5, 5.41) is 9.07. The Balaban J connectivity index is 3.12. The third kappa shape index (κ3) is 4.14. The van der Waals surface area contributed by atoms with Crippen molar-refractivity contribution in [2.75, 3.05) is 19.0 Å². The zero-order valence-corrected chi connectivity index (χ0v) is 11.7. The van der Waals surface area contributed by atoms with Gasteiger partial charge in [0.1, 0.15) is 11.6 Å². The highest BCUT2D eigenvalue weighted by Gasteiger charge is 2.13. The van der Waals surface area contributed by atoms with Crippen molar-refractivity contribution in [3.63, 3.8) is 0 Å². The Hall–Kier alpha value is -2.28. The summed E-state index contributed by atoms with van der Waals surface area (Å²) < 4.78 is 5.03. The maximum absolute atomic E-state index is 11.7. The van der Waals surface area contributed by atoms with Crippen molar-refractivity contribution in [3.05, 3.63) is 35.4 Å². The molecule has 4 heteroatoms. The fraction of sp³-hybridized carbons (Fsp3) is 0.333. The van der Waals surface area contributed by atoms with Crippen molar-refractivity contribution in [2.45, 2.75) is 20.0 Å². The molecule has 19 heavy (non-hydrogen) atoms. The summed E-state index contributed by atoms with van der Waals surface area (Å²) >= 11 is 0. The molecule has 0 fully saturated rings. The molecule has 4 nitrogen and oxygen atoms in total. The van der Waals surface area contributed by atoms with Gasteiger partial charge in [-0.2, -0.15) is 5.26 Å². The van der Waals surface area contributed by atoms with Gasteiger partial charge in [-0.15, -0.1) is 0 Å². The van der Waals surface area contributed by atoms with E-state index in [9.17, 15) is 4.79 Å². The van der Waals surface area contributed by atoms with Crippen LogP contribution in [0.25, 0.3) is 6.08 Å². The smallest absolute Gasteiger partial charge is 0.349 e. The number of nitriles is 1. The van der Waals surface area contributed by atoms with Gasteiger partial charge in [-0.1, -0.05) is 18.2 Å². The minimum atomic E-state index is -0.592. The molecule has 0 atom stereocenters. The van der Waals surface area contributed by atoms with E-state index in [0.717, 1.165) is 11.3 Å². The highest BCUT2D eigenvalue weighted by molar-refractivity contribution is 5.98. The third-order valence-electron chi connectivity index (χ3n) is 2.40. The number of carbonyl (C=O) groups excluding carboxylic acids is 1. The highest BCUT2D eigenvalue weighted by atomic mass is 16.5. The molecule has 100 valence electrons. The van der Waals surface area contributed by atoms with E-state index in [2.05, 4.69) is 0 Å². The molecule has 0 amide bonds. The van der Waals surface area contributed by atoms with Crippen LogP contribution < -0.4 is 4.90 Å². The van der Waals surface area contributed by atoms with Crippen LogP contribution in [0.15, 0.2) is 29.8 Å². The number of benzene rings is 1. The molecule has 1 aromatic rings. The minimum Gasteiger partial charge on any atom is -0.459 e. The average Bonchev–Trinajstić information content (AvgIpc) is 2.35. The first kappa shape index (κ1) is 14.8. The van der Waals surface area contributed by atoms with E-state index in [-0.39, 0.29) is 11.7 Å². The van der Waals surface area contributed by atoms with Gasteiger partial charge in [-0.05, 0) is 31.6 Å². The summed E-state index contributed by atoms with van der Waals surface area (Å²) in [6.07, 6.45) is 1.31. The number of carbonyl (C=O) groups is 1. The van der Waals surface area contributed by atoms with E-state index in [1.165, 1.54) is 0 Å². The molecular weight excluding hydrogens is 240 g/mol. The number of hydrogen-bond donors (Lipinski definition) is 0. The number of anilines is 1. The molecule has 0 bridgehead atoms. The van der Waals surface area contributed by atoms with Crippen LogP contribution in [0.5, 0.6) is 0 Å². The van der Waals surface area contributed by atoms with Crippen LogP contribution in [0.4, 0.5) is 5.69 Å². The second-order valence-electron chi connectivity index (χ2n) is 4.58. The number of esters is 1. The topological polar surface area (TPSA) is 53.3 Å². The lowest BCUT2D eigenvalue weighted by molar-refractivity contribution is -0.142. The van der Waals surface area contributed by atoms with E-state index in [4.69, 9.17) is 10.00 Å². The van der Waals surface area contributed by atoms with Crippen molar-refractivity contribution < 1.29 is 9.53 Å². The van der Waals surface area contributed by atoms with Gasteiger partial charge >= 0.3 is 5.97 Å². The summed E-state index contributed by atoms with van der Waals surface area (Å²) in [6.45, 7) is 3.50. The van der Waals surface area contributed by atoms with E-state index in [0.29, 0.717) is 0 Å². The summed E-state index contributed by atoms with van der Waals surface area (Å²) in [5.41, 5.74) is 1.75. The van der Waals surface area contributed by atoms with Crippen LogP contribution in [0.2, 0.25) is 0 Å². The van der Waals surface area contributed by atoms with E-state index in [1.807, 2.05) is 49.3 Å². The van der Waals surface area contributed by atoms with Gasteiger partial charge in [0.05, 0.1) is 6.10 Å². The number of hydrogen-bond acceptors (Lipinski definition) is 4. The van der Waals surface area contributed by atoms with Gasteiger partial charge in [0.15, 0.2) is 0 Å².